The van der Waals surface area contributed by atoms with Crippen molar-refractivity contribution in [2.45, 2.75) is 26.4 Å². The van der Waals surface area contributed by atoms with Gasteiger partial charge >= 0.3 is 0 Å². The van der Waals surface area contributed by atoms with Gasteiger partial charge in [-0.25, -0.2) is 0 Å². The highest BCUT2D eigenvalue weighted by atomic mass is 16.3. The molecule has 0 amide bonds. The van der Waals surface area contributed by atoms with Crippen LogP contribution in [0.25, 0.3) is 0 Å². The minimum absolute atomic E-state index is 0.287. The van der Waals surface area contributed by atoms with Gasteiger partial charge in [0.05, 0.1) is 12.2 Å². The van der Waals surface area contributed by atoms with Gasteiger partial charge in [0, 0.05) is 6.42 Å². The molecule has 0 spiro atoms. The fraction of sp³-hybridized carbons (Fsp3) is 0.800. The van der Waals surface area contributed by atoms with Crippen LogP contribution in [0.15, 0.2) is 0 Å². The molecule has 0 saturated heterocycles. The molecule has 0 aromatic heterocycles. The SMILES string of the molecule is C[C](O)CC(C)O. The highest BCUT2D eigenvalue weighted by Gasteiger charge is 2.00. The highest BCUT2D eigenvalue weighted by Crippen LogP contribution is 2.01. The molecule has 1 radical (unpaired) electrons. The predicted octanol–water partition coefficient (Wildman–Crippen LogP) is 0.682. The summed E-state index contributed by atoms with van der Waals surface area (Å²) in [6.45, 7) is 3.21. The van der Waals surface area contributed by atoms with E-state index in [4.69, 9.17) is 10.2 Å². The van der Waals surface area contributed by atoms with E-state index >= 15 is 0 Å². The monoisotopic (exact) mass is 103 g/mol. The van der Waals surface area contributed by atoms with Crippen LogP contribution >= 0.6 is 0 Å². The molecular weight excluding hydrogens is 92.1 g/mol. The first-order valence-corrected chi connectivity index (χ1v) is 2.32. The lowest BCUT2D eigenvalue weighted by Gasteiger charge is -2.02. The fourth-order valence-electron chi connectivity index (χ4n) is 0.428. The molecule has 0 fully saturated rings. The summed E-state index contributed by atoms with van der Waals surface area (Å²) in [5, 5.41) is 17.0. The molecule has 43 valence electrons. The Hall–Kier alpha value is -0.0800. The Balaban J connectivity index is 2.95. The third-order valence-electron chi connectivity index (χ3n) is 0.591. The average molecular weight is 103 g/mol. The smallest absolute Gasteiger partial charge is 0.0928 e. The third kappa shape index (κ3) is 5.92. The first kappa shape index (κ1) is 6.92. The van der Waals surface area contributed by atoms with Crippen LogP contribution < -0.4 is 0 Å². The van der Waals surface area contributed by atoms with Gasteiger partial charge in [-0.3, -0.25) is 0 Å². The largest absolute Gasteiger partial charge is 0.393 e. The fourth-order valence-corrected chi connectivity index (χ4v) is 0.428. The number of aliphatic hydroxyl groups is 2. The number of aliphatic hydroxyl groups excluding tert-OH is 2. The summed E-state index contributed by atoms with van der Waals surface area (Å²) in [4.78, 5) is 0. The molecule has 1 atom stereocenters. The van der Waals surface area contributed by atoms with Crippen molar-refractivity contribution >= 4 is 0 Å². The lowest BCUT2D eigenvalue weighted by Crippen LogP contribution is -2.03. The van der Waals surface area contributed by atoms with Gasteiger partial charge in [0.2, 0.25) is 0 Å². The van der Waals surface area contributed by atoms with E-state index in [9.17, 15) is 0 Å². The minimum atomic E-state index is -0.412. The lowest BCUT2D eigenvalue weighted by atomic mass is 10.2. The van der Waals surface area contributed by atoms with Gasteiger partial charge in [0.15, 0.2) is 0 Å². The molecule has 2 heteroatoms. The molecule has 0 saturated carbocycles. The normalized spacial score (nSPS) is 15.0. The van der Waals surface area contributed by atoms with Crippen LogP contribution in [0.2, 0.25) is 0 Å². The summed E-state index contributed by atoms with van der Waals surface area (Å²) in [6, 6.07) is 0. The van der Waals surface area contributed by atoms with E-state index in [1.807, 2.05) is 0 Å². The van der Waals surface area contributed by atoms with Crippen molar-refractivity contribution in [1.82, 2.24) is 0 Å². The third-order valence-corrected chi connectivity index (χ3v) is 0.591. The van der Waals surface area contributed by atoms with Crippen molar-refractivity contribution in [1.29, 1.82) is 0 Å². The van der Waals surface area contributed by atoms with Crippen molar-refractivity contribution in [3.8, 4) is 0 Å². The van der Waals surface area contributed by atoms with Crippen molar-refractivity contribution in [2.75, 3.05) is 0 Å². The first-order chi connectivity index (χ1) is 3.13. The van der Waals surface area contributed by atoms with E-state index in [2.05, 4.69) is 0 Å². The Morgan fingerprint density at radius 3 is 2.14 bits per heavy atom. The topological polar surface area (TPSA) is 40.5 Å². The van der Waals surface area contributed by atoms with Gasteiger partial charge in [-0.2, -0.15) is 0 Å². The van der Waals surface area contributed by atoms with Crippen LogP contribution in [0.1, 0.15) is 20.3 Å². The zero-order chi connectivity index (χ0) is 5.86. The zero-order valence-electron chi connectivity index (χ0n) is 4.68. The zero-order valence-corrected chi connectivity index (χ0v) is 4.68. The van der Waals surface area contributed by atoms with Crippen LogP contribution in [0.5, 0.6) is 0 Å². The van der Waals surface area contributed by atoms with Gasteiger partial charge in [-0.15, -0.1) is 0 Å². The molecule has 0 aliphatic rings. The number of rotatable bonds is 2. The number of hydrogen-bond acceptors (Lipinski definition) is 2. The standard InChI is InChI=1S/C5H11O2/c1-4(6)3-5(2)7/h4,6-7H,3H2,1-2H3. The lowest BCUT2D eigenvalue weighted by molar-refractivity contribution is 0.153. The van der Waals surface area contributed by atoms with Crippen LogP contribution in [-0.2, 0) is 0 Å². The van der Waals surface area contributed by atoms with Gasteiger partial charge in [0.1, 0.15) is 0 Å². The Labute approximate surface area is 43.8 Å². The molecule has 0 aromatic carbocycles. The number of hydrogen-bond donors (Lipinski definition) is 2. The maximum Gasteiger partial charge on any atom is 0.0928 e. The van der Waals surface area contributed by atoms with E-state index in [-0.39, 0.29) is 6.10 Å². The predicted molar refractivity (Wildman–Crippen MR) is 27.2 cm³/mol. The van der Waals surface area contributed by atoms with E-state index in [1.165, 1.54) is 0 Å². The van der Waals surface area contributed by atoms with Crippen molar-refractivity contribution in [3.05, 3.63) is 6.10 Å². The molecule has 7 heavy (non-hydrogen) atoms. The van der Waals surface area contributed by atoms with E-state index in [1.54, 1.807) is 13.8 Å². The van der Waals surface area contributed by atoms with Crippen LogP contribution in [0.3, 0.4) is 0 Å². The van der Waals surface area contributed by atoms with Crippen molar-refractivity contribution < 1.29 is 10.2 Å². The molecule has 0 heterocycles. The Bertz CT molecular complexity index is 35.3. The molecule has 0 bridgehead atoms. The maximum absolute atomic E-state index is 8.54. The second-order valence-electron chi connectivity index (χ2n) is 1.79. The van der Waals surface area contributed by atoms with E-state index < -0.39 is 6.10 Å². The van der Waals surface area contributed by atoms with Gasteiger partial charge in [-0.05, 0) is 13.8 Å². The molecule has 0 aliphatic heterocycles. The van der Waals surface area contributed by atoms with Gasteiger partial charge < -0.3 is 10.2 Å². The van der Waals surface area contributed by atoms with Crippen LogP contribution in [0.4, 0.5) is 0 Å². The average Bonchev–Trinajstić information content (AvgIpc) is 1.27. The molecular formula is C5H11O2. The molecule has 2 nitrogen and oxygen atoms in total. The van der Waals surface area contributed by atoms with Gasteiger partial charge in [0.25, 0.3) is 0 Å². The summed E-state index contributed by atoms with van der Waals surface area (Å²) >= 11 is 0. The molecule has 0 rings (SSSR count). The summed E-state index contributed by atoms with van der Waals surface area (Å²) in [5.41, 5.74) is 0. The summed E-state index contributed by atoms with van der Waals surface area (Å²) < 4.78 is 0. The van der Waals surface area contributed by atoms with E-state index in [0.717, 1.165) is 0 Å². The summed E-state index contributed by atoms with van der Waals surface area (Å²) in [5.74, 6) is 0. The second kappa shape index (κ2) is 2.99. The Morgan fingerprint density at radius 1 is 1.71 bits per heavy atom. The highest BCUT2D eigenvalue weighted by molar-refractivity contribution is 4.69. The van der Waals surface area contributed by atoms with Crippen LogP contribution in [0, 0.1) is 6.10 Å². The molecule has 1 unspecified atom stereocenters. The minimum Gasteiger partial charge on any atom is -0.393 e. The second-order valence-corrected chi connectivity index (χ2v) is 1.79. The van der Waals surface area contributed by atoms with Crippen molar-refractivity contribution in [3.63, 3.8) is 0 Å². The summed E-state index contributed by atoms with van der Waals surface area (Å²) in [7, 11) is 0. The summed E-state index contributed by atoms with van der Waals surface area (Å²) in [6.07, 6.45) is 0.264. The molecule has 2 N–H and O–H groups in total. The Morgan fingerprint density at radius 2 is 2.14 bits per heavy atom. The molecule has 0 aromatic rings. The van der Waals surface area contributed by atoms with Gasteiger partial charge in [-0.1, -0.05) is 0 Å². The maximum atomic E-state index is 8.54. The van der Waals surface area contributed by atoms with Crippen molar-refractivity contribution in [2.24, 2.45) is 0 Å². The van der Waals surface area contributed by atoms with Crippen LogP contribution in [-0.4, -0.2) is 16.3 Å². The van der Waals surface area contributed by atoms with E-state index in [0.29, 0.717) is 6.42 Å². The first-order valence-electron chi connectivity index (χ1n) is 2.32. The molecule has 0 aliphatic carbocycles. The quantitative estimate of drug-likeness (QED) is 0.539. The Kier molecular flexibility index (Phi) is 2.96.